The number of ether oxygens (including phenoxy) is 4. The molecule has 1 N–H and O–H groups in total. The zero-order valence-electron chi connectivity index (χ0n) is 18.9. The molecule has 0 bridgehead atoms. The fourth-order valence-electron chi connectivity index (χ4n) is 4.23. The molecule has 4 rings (SSSR count). The summed E-state index contributed by atoms with van der Waals surface area (Å²) in [6.45, 7) is 4.39. The number of carbonyl (C=O) groups excluding carboxylic acids is 2. The van der Waals surface area contributed by atoms with Gasteiger partial charge in [-0.05, 0) is 62.1 Å². The van der Waals surface area contributed by atoms with E-state index in [2.05, 4.69) is 5.32 Å². The Morgan fingerprint density at radius 1 is 1.06 bits per heavy atom. The number of hydrogen-bond donors (Lipinski definition) is 1. The molecular formula is C25H29NO6. The highest BCUT2D eigenvalue weighted by atomic mass is 16.6. The first-order chi connectivity index (χ1) is 15.4. The van der Waals surface area contributed by atoms with Crippen LogP contribution in [0, 0.1) is 5.41 Å². The van der Waals surface area contributed by atoms with E-state index in [1.165, 1.54) is 0 Å². The van der Waals surface area contributed by atoms with E-state index in [4.69, 9.17) is 18.9 Å². The van der Waals surface area contributed by atoms with Gasteiger partial charge < -0.3 is 24.3 Å². The average molecular weight is 440 g/mol. The van der Waals surface area contributed by atoms with Crippen LogP contribution in [0.4, 0.5) is 0 Å². The smallest absolute Gasteiger partial charge is 0.315 e. The summed E-state index contributed by atoms with van der Waals surface area (Å²) in [5, 5.41) is 2.84. The minimum Gasteiger partial charge on any atom is -0.493 e. The first kappa shape index (κ1) is 22.0. The molecule has 1 aliphatic carbocycles. The van der Waals surface area contributed by atoms with Crippen molar-refractivity contribution in [2.45, 2.75) is 45.8 Å². The summed E-state index contributed by atoms with van der Waals surface area (Å²) in [5.41, 5.74) is 2.66. The van der Waals surface area contributed by atoms with Crippen LogP contribution in [-0.2, 0) is 16.1 Å². The van der Waals surface area contributed by atoms with E-state index in [1.54, 1.807) is 14.2 Å². The number of benzene rings is 2. The van der Waals surface area contributed by atoms with E-state index in [9.17, 15) is 9.59 Å². The molecule has 0 radical (unpaired) electrons. The lowest BCUT2D eigenvalue weighted by atomic mass is 9.69. The minimum absolute atomic E-state index is 0.0640. The first-order valence-electron chi connectivity index (χ1n) is 10.9. The van der Waals surface area contributed by atoms with Gasteiger partial charge in [0.05, 0.1) is 20.3 Å². The van der Waals surface area contributed by atoms with Crippen molar-refractivity contribution < 1.29 is 28.5 Å². The number of amides is 1. The number of esters is 1. The van der Waals surface area contributed by atoms with Crippen LogP contribution >= 0.6 is 0 Å². The fraction of sp³-hybridized carbons (Fsp3) is 0.440. The lowest BCUT2D eigenvalue weighted by Crippen LogP contribution is -2.45. The minimum atomic E-state index is -0.649. The second-order valence-electron chi connectivity index (χ2n) is 8.61. The molecule has 0 spiro atoms. The molecule has 2 aliphatic rings. The standard InChI is InChI=1S/C25H29NO6/c1-15(2)32-24(28)25(10-5-11-25)14-31-21-18(8-9-20(29-3)22(21)30-4)16-6-7-19-17(12-16)13-26-23(19)27/h6-9,12,15H,5,10-11,13-14H2,1-4H3,(H,26,27). The molecule has 0 atom stereocenters. The predicted molar refractivity (Wildman–Crippen MR) is 119 cm³/mol. The van der Waals surface area contributed by atoms with Crippen molar-refractivity contribution in [3.05, 3.63) is 41.5 Å². The molecule has 0 saturated heterocycles. The summed E-state index contributed by atoms with van der Waals surface area (Å²) in [4.78, 5) is 24.7. The molecule has 1 heterocycles. The number of nitrogens with one attached hydrogen (secondary N) is 1. The zero-order chi connectivity index (χ0) is 22.9. The molecule has 1 amide bonds. The summed E-state index contributed by atoms with van der Waals surface area (Å²) < 4.78 is 23.0. The van der Waals surface area contributed by atoms with E-state index in [0.717, 1.165) is 36.0 Å². The SMILES string of the molecule is COc1ccc(-c2ccc3c(c2)CNC3=O)c(OCC2(C(=O)OC(C)C)CCC2)c1OC. The van der Waals surface area contributed by atoms with E-state index >= 15 is 0 Å². The van der Waals surface area contributed by atoms with Crippen LogP contribution in [-0.4, -0.2) is 38.8 Å². The largest absolute Gasteiger partial charge is 0.493 e. The number of carbonyl (C=O) groups is 2. The van der Waals surface area contributed by atoms with E-state index in [0.29, 0.717) is 29.4 Å². The van der Waals surface area contributed by atoms with Crippen LogP contribution in [0.5, 0.6) is 17.2 Å². The van der Waals surface area contributed by atoms with Gasteiger partial charge in [-0.15, -0.1) is 0 Å². The topological polar surface area (TPSA) is 83.1 Å². The number of hydrogen-bond acceptors (Lipinski definition) is 6. The van der Waals surface area contributed by atoms with Crippen LogP contribution in [0.1, 0.15) is 49.0 Å². The van der Waals surface area contributed by atoms with Gasteiger partial charge in [0.15, 0.2) is 11.5 Å². The molecule has 7 heteroatoms. The van der Waals surface area contributed by atoms with Crippen molar-refractivity contribution in [1.82, 2.24) is 5.32 Å². The monoisotopic (exact) mass is 439 g/mol. The van der Waals surface area contributed by atoms with Gasteiger partial charge in [-0.2, -0.15) is 0 Å². The number of methoxy groups -OCH3 is 2. The predicted octanol–water partition coefficient (Wildman–Crippen LogP) is 4.11. The Balaban J connectivity index is 1.70. The van der Waals surface area contributed by atoms with Crippen molar-refractivity contribution in [2.24, 2.45) is 5.41 Å². The summed E-state index contributed by atoms with van der Waals surface area (Å²) in [6.07, 6.45) is 2.24. The van der Waals surface area contributed by atoms with Crippen molar-refractivity contribution in [2.75, 3.05) is 20.8 Å². The maximum absolute atomic E-state index is 12.8. The number of rotatable bonds is 8. The van der Waals surface area contributed by atoms with Crippen molar-refractivity contribution in [3.63, 3.8) is 0 Å². The quantitative estimate of drug-likeness (QED) is 0.623. The molecule has 2 aromatic rings. The van der Waals surface area contributed by atoms with Gasteiger partial charge in [0.1, 0.15) is 12.0 Å². The van der Waals surface area contributed by atoms with E-state index < -0.39 is 5.41 Å². The molecule has 2 aromatic carbocycles. The third-order valence-corrected chi connectivity index (χ3v) is 6.18. The van der Waals surface area contributed by atoms with Crippen molar-refractivity contribution in [3.8, 4) is 28.4 Å². The highest BCUT2D eigenvalue weighted by molar-refractivity contribution is 5.99. The van der Waals surface area contributed by atoms with E-state index in [1.807, 2.05) is 44.2 Å². The van der Waals surface area contributed by atoms with Gasteiger partial charge in [-0.1, -0.05) is 12.5 Å². The highest BCUT2D eigenvalue weighted by Gasteiger charge is 2.47. The van der Waals surface area contributed by atoms with Gasteiger partial charge >= 0.3 is 5.97 Å². The lowest BCUT2D eigenvalue weighted by Gasteiger charge is -2.39. The summed E-state index contributed by atoms with van der Waals surface area (Å²) >= 11 is 0. The Labute approximate surface area is 188 Å². The molecule has 0 aromatic heterocycles. The van der Waals surface area contributed by atoms with Crippen LogP contribution in [0.2, 0.25) is 0 Å². The maximum Gasteiger partial charge on any atom is 0.315 e. The molecule has 1 aliphatic heterocycles. The van der Waals surface area contributed by atoms with Gasteiger partial charge in [0.2, 0.25) is 5.75 Å². The summed E-state index contributed by atoms with van der Waals surface area (Å²) in [5.74, 6) is 1.23. The Hall–Kier alpha value is -3.22. The van der Waals surface area contributed by atoms with Crippen LogP contribution in [0.15, 0.2) is 30.3 Å². The Bertz CT molecular complexity index is 1040. The first-order valence-corrected chi connectivity index (χ1v) is 10.9. The van der Waals surface area contributed by atoms with Gasteiger partial charge in [0.25, 0.3) is 5.91 Å². The maximum atomic E-state index is 12.8. The second-order valence-corrected chi connectivity index (χ2v) is 8.61. The van der Waals surface area contributed by atoms with Crippen LogP contribution in [0.25, 0.3) is 11.1 Å². The van der Waals surface area contributed by atoms with Crippen LogP contribution < -0.4 is 19.5 Å². The summed E-state index contributed by atoms with van der Waals surface area (Å²) in [6, 6.07) is 9.42. The van der Waals surface area contributed by atoms with Crippen molar-refractivity contribution >= 4 is 11.9 Å². The fourth-order valence-corrected chi connectivity index (χ4v) is 4.23. The highest BCUT2D eigenvalue weighted by Crippen LogP contribution is 2.48. The normalized spacial score (nSPS) is 16.1. The molecule has 1 fully saturated rings. The van der Waals surface area contributed by atoms with Crippen LogP contribution in [0.3, 0.4) is 0 Å². The molecular weight excluding hydrogens is 410 g/mol. The van der Waals surface area contributed by atoms with E-state index in [-0.39, 0.29) is 24.6 Å². The van der Waals surface area contributed by atoms with Gasteiger partial charge in [0, 0.05) is 17.7 Å². The second kappa shape index (κ2) is 8.73. The lowest BCUT2D eigenvalue weighted by molar-refractivity contribution is -0.168. The molecule has 1 saturated carbocycles. The third-order valence-electron chi connectivity index (χ3n) is 6.18. The van der Waals surface area contributed by atoms with Crippen molar-refractivity contribution in [1.29, 1.82) is 0 Å². The zero-order valence-corrected chi connectivity index (χ0v) is 18.9. The Kier molecular flexibility index (Phi) is 6.00. The third kappa shape index (κ3) is 3.87. The molecule has 7 nitrogen and oxygen atoms in total. The Morgan fingerprint density at radius 3 is 2.44 bits per heavy atom. The molecule has 170 valence electrons. The van der Waals surface area contributed by atoms with Gasteiger partial charge in [-0.25, -0.2) is 0 Å². The Morgan fingerprint density at radius 2 is 1.81 bits per heavy atom. The van der Waals surface area contributed by atoms with Gasteiger partial charge in [-0.3, -0.25) is 9.59 Å². The molecule has 32 heavy (non-hydrogen) atoms. The average Bonchev–Trinajstić information content (AvgIpc) is 3.11. The summed E-state index contributed by atoms with van der Waals surface area (Å²) in [7, 11) is 3.13. The molecule has 0 unspecified atom stereocenters. The number of fused-ring (bicyclic) bond motifs is 1.